The Morgan fingerprint density at radius 1 is 1.17 bits per heavy atom. The lowest BCUT2D eigenvalue weighted by atomic mass is 10.2. The lowest BCUT2D eigenvalue weighted by Gasteiger charge is -2.06. The highest BCUT2D eigenvalue weighted by Crippen LogP contribution is 2.23. The summed E-state index contributed by atoms with van der Waals surface area (Å²) in [4.78, 5) is 18.6. The number of nitrogens with one attached hydrogen (secondary N) is 1. The summed E-state index contributed by atoms with van der Waals surface area (Å²) in [7, 11) is 0. The number of nitrogens with zero attached hydrogens (tertiary/aromatic N) is 1. The van der Waals surface area contributed by atoms with Crippen LogP contribution in [0.2, 0.25) is 0 Å². The minimum atomic E-state index is -0.0470. The van der Waals surface area contributed by atoms with Crippen LogP contribution >= 0.6 is 23.1 Å². The number of carbonyl (C=O) groups excluding carboxylic acids is 1. The monoisotopic (exact) mass is 354 g/mol. The Bertz CT molecular complexity index is 815. The summed E-state index contributed by atoms with van der Waals surface area (Å²) >= 11 is 3.23. The third kappa shape index (κ3) is 4.46. The van der Waals surface area contributed by atoms with Gasteiger partial charge in [0.2, 0.25) is 0 Å². The number of thioether (sulfide) groups is 1. The number of amides is 1. The van der Waals surface area contributed by atoms with E-state index in [1.807, 2.05) is 48.5 Å². The number of aromatic nitrogens is 1. The van der Waals surface area contributed by atoms with Crippen LogP contribution in [0.4, 0.5) is 5.69 Å². The number of hydrogen-bond donors (Lipinski definition) is 1. The molecular weight excluding hydrogens is 336 g/mol. The van der Waals surface area contributed by atoms with E-state index in [0.29, 0.717) is 0 Å². The van der Waals surface area contributed by atoms with Crippen molar-refractivity contribution in [2.75, 3.05) is 5.32 Å². The number of carbonyl (C=O) groups is 1. The Kier molecular flexibility index (Phi) is 5.67. The van der Waals surface area contributed by atoms with Crippen molar-refractivity contribution >= 4 is 34.7 Å². The lowest BCUT2D eigenvalue weighted by Crippen LogP contribution is -2.10. The van der Waals surface area contributed by atoms with Gasteiger partial charge in [-0.25, -0.2) is 4.98 Å². The minimum Gasteiger partial charge on any atom is -0.321 e. The second-order valence-corrected chi connectivity index (χ2v) is 7.39. The third-order valence-corrected chi connectivity index (χ3v) is 5.69. The smallest absolute Gasteiger partial charge is 0.265 e. The van der Waals surface area contributed by atoms with Gasteiger partial charge in [0.05, 0.1) is 9.90 Å². The summed E-state index contributed by atoms with van der Waals surface area (Å²) in [6, 6.07) is 17.8. The maximum atomic E-state index is 12.3. The van der Waals surface area contributed by atoms with Gasteiger partial charge in [-0.2, -0.15) is 0 Å². The largest absolute Gasteiger partial charge is 0.321 e. The van der Waals surface area contributed by atoms with Gasteiger partial charge in [-0.3, -0.25) is 4.79 Å². The third-order valence-electron chi connectivity index (χ3n) is 3.44. The van der Waals surface area contributed by atoms with Gasteiger partial charge in [0.25, 0.3) is 5.91 Å². The zero-order chi connectivity index (χ0) is 16.8. The highest BCUT2D eigenvalue weighted by molar-refractivity contribution is 7.98. The van der Waals surface area contributed by atoms with Crippen molar-refractivity contribution in [2.45, 2.75) is 24.1 Å². The predicted octanol–water partition coefficient (Wildman–Crippen LogP) is 5.25. The first-order chi connectivity index (χ1) is 11.7. The molecule has 122 valence electrons. The van der Waals surface area contributed by atoms with E-state index in [1.54, 1.807) is 29.3 Å². The van der Waals surface area contributed by atoms with Gasteiger partial charge in [-0.05, 0) is 48.4 Å². The van der Waals surface area contributed by atoms with E-state index < -0.39 is 0 Å². The molecule has 24 heavy (non-hydrogen) atoms. The highest BCUT2D eigenvalue weighted by atomic mass is 32.2. The zero-order valence-electron chi connectivity index (χ0n) is 13.4. The molecule has 0 aliphatic heterocycles. The average Bonchev–Trinajstić information content (AvgIpc) is 3.11. The van der Waals surface area contributed by atoms with Crippen LogP contribution in [0.5, 0.6) is 0 Å². The molecule has 1 N–H and O–H groups in total. The van der Waals surface area contributed by atoms with Crippen molar-refractivity contribution in [1.29, 1.82) is 0 Å². The molecule has 0 fully saturated rings. The topological polar surface area (TPSA) is 42.0 Å². The predicted molar refractivity (Wildman–Crippen MR) is 102 cm³/mol. The summed E-state index contributed by atoms with van der Waals surface area (Å²) in [5.74, 6) is 0.772. The summed E-state index contributed by atoms with van der Waals surface area (Å²) < 4.78 is 0. The van der Waals surface area contributed by atoms with Gasteiger partial charge >= 0.3 is 0 Å². The quantitative estimate of drug-likeness (QED) is 0.615. The van der Waals surface area contributed by atoms with Crippen LogP contribution in [0.1, 0.15) is 27.0 Å². The van der Waals surface area contributed by atoms with Gasteiger partial charge < -0.3 is 5.32 Å². The van der Waals surface area contributed by atoms with E-state index >= 15 is 0 Å². The van der Waals surface area contributed by atoms with Crippen molar-refractivity contribution in [3.8, 4) is 0 Å². The van der Waals surface area contributed by atoms with E-state index in [9.17, 15) is 4.79 Å². The Morgan fingerprint density at radius 2 is 2.08 bits per heavy atom. The molecule has 0 aliphatic rings. The standard InChI is InChI=1S/C19H18N2OS2/c1-2-16-9-10-17(24-16)19(22)21-15-7-5-6-14(12-15)13-23-18-8-3-4-11-20-18/h3-12H,2,13H2,1H3,(H,21,22). The van der Waals surface area contributed by atoms with Crippen LogP contribution in [-0.4, -0.2) is 10.9 Å². The second-order valence-electron chi connectivity index (χ2n) is 5.23. The molecule has 1 amide bonds. The van der Waals surface area contributed by atoms with Crippen LogP contribution in [0.3, 0.4) is 0 Å². The minimum absolute atomic E-state index is 0.0470. The molecule has 5 heteroatoms. The molecule has 3 aromatic rings. The molecule has 3 rings (SSSR count). The number of benzene rings is 1. The lowest BCUT2D eigenvalue weighted by molar-refractivity contribution is 0.103. The first kappa shape index (κ1) is 16.7. The van der Waals surface area contributed by atoms with Gasteiger partial charge in [0, 0.05) is 22.5 Å². The molecule has 2 aromatic heterocycles. The molecule has 1 aromatic carbocycles. The van der Waals surface area contributed by atoms with Crippen molar-refractivity contribution in [3.05, 3.63) is 76.1 Å². The normalized spacial score (nSPS) is 10.5. The molecule has 0 saturated heterocycles. The van der Waals surface area contributed by atoms with Crippen molar-refractivity contribution in [2.24, 2.45) is 0 Å². The fourth-order valence-electron chi connectivity index (χ4n) is 2.21. The number of thiophene rings is 1. The number of anilines is 1. The first-order valence-electron chi connectivity index (χ1n) is 7.77. The fraction of sp³-hybridized carbons (Fsp3) is 0.158. The zero-order valence-corrected chi connectivity index (χ0v) is 15.0. The fourth-order valence-corrected chi connectivity index (χ4v) is 3.86. The van der Waals surface area contributed by atoms with Crippen molar-refractivity contribution in [3.63, 3.8) is 0 Å². The van der Waals surface area contributed by atoms with Crippen LogP contribution in [0.15, 0.2) is 65.8 Å². The highest BCUT2D eigenvalue weighted by Gasteiger charge is 2.09. The molecule has 2 heterocycles. The number of hydrogen-bond acceptors (Lipinski definition) is 4. The Labute approximate surface area is 150 Å². The molecule has 0 spiro atoms. The molecule has 0 radical (unpaired) electrons. The van der Waals surface area contributed by atoms with E-state index in [2.05, 4.69) is 23.3 Å². The summed E-state index contributed by atoms with van der Waals surface area (Å²) in [5, 5.41) is 3.98. The molecule has 0 unspecified atom stereocenters. The SMILES string of the molecule is CCc1ccc(C(=O)Nc2cccc(CSc3ccccn3)c2)s1. The van der Waals surface area contributed by atoms with Crippen molar-refractivity contribution in [1.82, 2.24) is 4.98 Å². The van der Waals surface area contributed by atoms with Crippen LogP contribution in [0.25, 0.3) is 0 Å². The van der Waals surface area contributed by atoms with Gasteiger partial charge in [-0.15, -0.1) is 23.1 Å². The summed E-state index contributed by atoms with van der Waals surface area (Å²) in [5.41, 5.74) is 1.98. The number of aryl methyl sites for hydroxylation is 1. The molecule has 0 bridgehead atoms. The van der Waals surface area contributed by atoms with Gasteiger partial charge in [0.1, 0.15) is 0 Å². The molecule has 3 nitrogen and oxygen atoms in total. The first-order valence-corrected chi connectivity index (χ1v) is 9.57. The number of pyridine rings is 1. The molecule has 0 aliphatic carbocycles. The van der Waals surface area contributed by atoms with Gasteiger partial charge in [-0.1, -0.05) is 25.1 Å². The maximum absolute atomic E-state index is 12.3. The Balaban J connectivity index is 1.63. The molecular formula is C19H18N2OS2. The number of rotatable bonds is 6. The van der Waals surface area contributed by atoms with E-state index in [-0.39, 0.29) is 5.91 Å². The summed E-state index contributed by atoms with van der Waals surface area (Å²) in [6.45, 7) is 2.09. The molecule has 0 atom stereocenters. The van der Waals surface area contributed by atoms with Crippen LogP contribution in [-0.2, 0) is 12.2 Å². The van der Waals surface area contributed by atoms with E-state index in [1.165, 1.54) is 4.88 Å². The summed E-state index contributed by atoms with van der Waals surface area (Å²) in [6.07, 6.45) is 2.75. The van der Waals surface area contributed by atoms with Gasteiger partial charge in [0.15, 0.2) is 0 Å². The molecule has 0 saturated carbocycles. The second kappa shape index (κ2) is 8.13. The average molecular weight is 354 g/mol. The van der Waals surface area contributed by atoms with E-state index in [0.717, 1.165) is 33.3 Å². The Hall–Kier alpha value is -2.11. The van der Waals surface area contributed by atoms with E-state index in [4.69, 9.17) is 0 Å². The van der Waals surface area contributed by atoms with Crippen LogP contribution in [0, 0.1) is 0 Å². The van der Waals surface area contributed by atoms with Crippen LogP contribution < -0.4 is 5.32 Å². The Morgan fingerprint density at radius 3 is 2.83 bits per heavy atom. The maximum Gasteiger partial charge on any atom is 0.265 e. The van der Waals surface area contributed by atoms with Crippen molar-refractivity contribution < 1.29 is 4.79 Å².